The van der Waals surface area contributed by atoms with Crippen LogP contribution < -0.4 is 4.90 Å². The number of nitro benzene ring substituents is 1. The minimum absolute atomic E-state index is 0.0402. The molecule has 1 saturated heterocycles. The third-order valence-corrected chi connectivity index (χ3v) is 5.91. The summed E-state index contributed by atoms with van der Waals surface area (Å²) in [6.45, 7) is 3.71. The number of ether oxygens (including phenoxy) is 1. The number of aliphatic hydroxyl groups is 1. The maximum absolute atomic E-state index is 13.3. The Morgan fingerprint density at radius 3 is 2.36 bits per heavy atom. The fourth-order valence-corrected chi connectivity index (χ4v) is 4.18. The van der Waals surface area contributed by atoms with Gasteiger partial charge >= 0.3 is 5.97 Å². The minimum Gasteiger partial charge on any atom is -0.507 e. The number of Topliss-reactive ketones (excluding diaryl/α,β-unsaturated/α-hetero) is 1. The molecule has 9 heteroatoms. The summed E-state index contributed by atoms with van der Waals surface area (Å²) < 4.78 is 5.00. The fraction of sp³-hybridized carbons (Fsp3) is 0.148. The molecule has 4 rings (SSSR count). The number of non-ortho nitro benzene ring substituents is 1. The Morgan fingerprint density at radius 1 is 1.03 bits per heavy atom. The molecule has 3 aromatic carbocycles. The summed E-state index contributed by atoms with van der Waals surface area (Å²) in [6, 6.07) is 17.4. The zero-order valence-corrected chi connectivity index (χ0v) is 19.5. The minimum atomic E-state index is -1.00. The third kappa shape index (κ3) is 4.34. The molecule has 1 aliphatic rings. The molecule has 0 radical (unpaired) electrons. The first-order valence-corrected chi connectivity index (χ1v) is 11.1. The van der Waals surface area contributed by atoms with Crippen molar-refractivity contribution < 1.29 is 29.2 Å². The summed E-state index contributed by atoms with van der Waals surface area (Å²) >= 11 is 0. The van der Waals surface area contributed by atoms with Crippen LogP contribution in [-0.2, 0) is 14.3 Å². The smallest absolute Gasteiger partial charge is 0.338 e. The molecule has 0 bridgehead atoms. The second-order valence-corrected chi connectivity index (χ2v) is 8.10. The molecule has 0 aromatic heterocycles. The van der Waals surface area contributed by atoms with Crippen molar-refractivity contribution in [1.82, 2.24) is 0 Å². The summed E-state index contributed by atoms with van der Waals surface area (Å²) in [5.74, 6) is -2.84. The topological polar surface area (TPSA) is 127 Å². The quantitative estimate of drug-likeness (QED) is 0.134. The van der Waals surface area contributed by atoms with Crippen LogP contribution in [0.5, 0.6) is 0 Å². The molecule has 1 unspecified atom stereocenters. The van der Waals surface area contributed by atoms with E-state index in [0.29, 0.717) is 11.3 Å². The van der Waals surface area contributed by atoms with E-state index >= 15 is 0 Å². The lowest BCUT2D eigenvalue weighted by atomic mass is 9.92. The van der Waals surface area contributed by atoms with Gasteiger partial charge < -0.3 is 9.84 Å². The molecule has 36 heavy (non-hydrogen) atoms. The number of benzene rings is 3. The lowest BCUT2D eigenvalue weighted by Crippen LogP contribution is -2.29. The lowest BCUT2D eigenvalue weighted by Gasteiger charge is -2.26. The lowest BCUT2D eigenvalue weighted by molar-refractivity contribution is -0.384. The van der Waals surface area contributed by atoms with Gasteiger partial charge in [-0.15, -0.1) is 0 Å². The number of amides is 1. The van der Waals surface area contributed by atoms with Crippen LogP contribution in [0.4, 0.5) is 11.4 Å². The molecule has 1 amide bonds. The Labute approximate surface area is 206 Å². The summed E-state index contributed by atoms with van der Waals surface area (Å²) in [5.41, 5.74) is 1.55. The van der Waals surface area contributed by atoms with Crippen molar-refractivity contribution >= 4 is 34.8 Å². The van der Waals surface area contributed by atoms with Crippen molar-refractivity contribution in [2.75, 3.05) is 11.5 Å². The molecule has 1 N–H and O–H groups in total. The number of esters is 1. The van der Waals surface area contributed by atoms with Crippen molar-refractivity contribution in [2.45, 2.75) is 19.9 Å². The Bertz CT molecular complexity index is 1410. The van der Waals surface area contributed by atoms with E-state index in [4.69, 9.17) is 4.74 Å². The second kappa shape index (κ2) is 9.83. The molecule has 1 fully saturated rings. The van der Waals surface area contributed by atoms with Crippen LogP contribution in [0.1, 0.15) is 40.0 Å². The van der Waals surface area contributed by atoms with Crippen molar-refractivity contribution in [2.24, 2.45) is 0 Å². The Hall–Kier alpha value is -4.79. The summed E-state index contributed by atoms with van der Waals surface area (Å²) in [6.07, 6.45) is 0. The van der Waals surface area contributed by atoms with Gasteiger partial charge in [-0.2, -0.15) is 0 Å². The number of nitrogens with zero attached hydrogens (tertiary/aromatic N) is 2. The largest absolute Gasteiger partial charge is 0.507 e. The molecule has 0 aliphatic carbocycles. The number of hydrogen-bond donors (Lipinski definition) is 1. The van der Waals surface area contributed by atoms with Gasteiger partial charge in [-0.05, 0) is 49.2 Å². The van der Waals surface area contributed by atoms with Gasteiger partial charge in [0.25, 0.3) is 17.4 Å². The number of aliphatic hydroxyl groups excluding tert-OH is 1. The van der Waals surface area contributed by atoms with E-state index in [2.05, 4.69) is 0 Å². The van der Waals surface area contributed by atoms with Gasteiger partial charge in [0.1, 0.15) is 5.76 Å². The fourth-order valence-electron chi connectivity index (χ4n) is 4.18. The molecule has 182 valence electrons. The van der Waals surface area contributed by atoms with Crippen LogP contribution in [-0.4, -0.2) is 34.3 Å². The van der Waals surface area contributed by atoms with E-state index < -0.39 is 34.4 Å². The normalized spacial score (nSPS) is 16.7. The van der Waals surface area contributed by atoms with E-state index in [9.17, 15) is 29.6 Å². The summed E-state index contributed by atoms with van der Waals surface area (Å²) in [4.78, 5) is 50.5. The van der Waals surface area contributed by atoms with E-state index in [1.54, 1.807) is 25.1 Å². The highest BCUT2D eigenvalue weighted by Gasteiger charge is 2.47. The van der Waals surface area contributed by atoms with Gasteiger partial charge in [0, 0.05) is 23.4 Å². The number of ketones is 1. The molecular formula is C27H22N2O7. The maximum Gasteiger partial charge on any atom is 0.338 e. The highest BCUT2D eigenvalue weighted by molar-refractivity contribution is 6.51. The van der Waals surface area contributed by atoms with Gasteiger partial charge in [0.2, 0.25) is 0 Å². The van der Waals surface area contributed by atoms with Crippen LogP contribution in [0.25, 0.3) is 5.76 Å². The van der Waals surface area contributed by atoms with E-state index in [1.165, 1.54) is 47.4 Å². The van der Waals surface area contributed by atoms with Crippen LogP contribution in [0.3, 0.4) is 0 Å². The van der Waals surface area contributed by atoms with E-state index in [-0.39, 0.29) is 29.0 Å². The standard InChI is InChI=1S/C27H22N2O7/c1-3-36-27(33)17-11-13-19(14-12-17)28-23(21-10-5-4-7-16(21)2)22(25(31)26(28)32)24(30)18-8-6-9-20(15-18)29(34)35/h4-15,23,30H,3H2,1-2H3/b24-22+. The number of aryl methyl sites for hydroxylation is 1. The summed E-state index contributed by atoms with van der Waals surface area (Å²) in [7, 11) is 0. The van der Waals surface area contributed by atoms with Gasteiger partial charge in [-0.1, -0.05) is 36.4 Å². The number of hydrogen-bond acceptors (Lipinski definition) is 7. The van der Waals surface area contributed by atoms with E-state index in [1.807, 2.05) is 13.0 Å². The zero-order valence-electron chi connectivity index (χ0n) is 19.5. The van der Waals surface area contributed by atoms with Crippen molar-refractivity contribution in [3.8, 4) is 0 Å². The van der Waals surface area contributed by atoms with Gasteiger partial charge in [-0.25, -0.2) is 4.79 Å². The van der Waals surface area contributed by atoms with Crippen LogP contribution in [0.15, 0.2) is 78.4 Å². The first-order valence-electron chi connectivity index (χ1n) is 11.1. The Balaban J connectivity index is 1.89. The molecule has 9 nitrogen and oxygen atoms in total. The van der Waals surface area contributed by atoms with Gasteiger partial charge in [-0.3, -0.25) is 24.6 Å². The predicted molar refractivity (Wildman–Crippen MR) is 131 cm³/mol. The third-order valence-electron chi connectivity index (χ3n) is 5.91. The average Bonchev–Trinajstić information content (AvgIpc) is 3.14. The van der Waals surface area contributed by atoms with Crippen molar-refractivity contribution in [3.05, 3.63) is 111 Å². The first-order chi connectivity index (χ1) is 17.2. The molecule has 1 heterocycles. The molecule has 1 atom stereocenters. The zero-order chi connectivity index (χ0) is 26.0. The van der Waals surface area contributed by atoms with Crippen LogP contribution in [0.2, 0.25) is 0 Å². The monoisotopic (exact) mass is 486 g/mol. The summed E-state index contributed by atoms with van der Waals surface area (Å²) in [5, 5.41) is 22.4. The van der Waals surface area contributed by atoms with Crippen molar-refractivity contribution in [1.29, 1.82) is 0 Å². The molecule has 0 spiro atoms. The second-order valence-electron chi connectivity index (χ2n) is 8.10. The number of rotatable bonds is 6. The number of nitro groups is 1. The van der Waals surface area contributed by atoms with Crippen molar-refractivity contribution in [3.63, 3.8) is 0 Å². The predicted octanol–water partition coefficient (Wildman–Crippen LogP) is 4.71. The Kier molecular flexibility index (Phi) is 6.64. The maximum atomic E-state index is 13.3. The van der Waals surface area contributed by atoms with Crippen LogP contribution in [0, 0.1) is 17.0 Å². The van der Waals surface area contributed by atoms with Crippen LogP contribution >= 0.6 is 0 Å². The average molecular weight is 486 g/mol. The SMILES string of the molecule is CCOC(=O)c1ccc(N2C(=O)C(=O)/C(=C(/O)c3cccc([N+](=O)[O-])c3)C2c2ccccc2C)cc1. The molecular weight excluding hydrogens is 464 g/mol. The first kappa shape index (κ1) is 24.3. The van der Waals surface area contributed by atoms with Gasteiger partial charge in [0.15, 0.2) is 0 Å². The van der Waals surface area contributed by atoms with E-state index in [0.717, 1.165) is 11.6 Å². The number of carbonyl (C=O) groups excluding carboxylic acids is 3. The van der Waals surface area contributed by atoms with Gasteiger partial charge in [0.05, 0.1) is 28.7 Å². The highest BCUT2D eigenvalue weighted by atomic mass is 16.6. The molecule has 0 saturated carbocycles. The molecule has 3 aromatic rings. The molecule has 1 aliphatic heterocycles. The number of anilines is 1. The Morgan fingerprint density at radius 2 is 1.72 bits per heavy atom. The highest BCUT2D eigenvalue weighted by Crippen LogP contribution is 2.43. The number of carbonyl (C=O) groups is 3.